The van der Waals surface area contributed by atoms with Gasteiger partial charge in [0.15, 0.2) is 5.78 Å². The molecule has 0 radical (unpaired) electrons. The highest BCUT2D eigenvalue weighted by atomic mass is 16.1. The molecule has 0 fully saturated rings. The molecule has 1 aliphatic rings. The van der Waals surface area contributed by atoms with Crippen LogP contribution >= 0.6 is 0 Å². The smallest absolute Gasteiger partial charge is 0.166 e. The van der Waals surface area contributed by atoms with E-state index in [0.29, 0.717) is 6.42 Å². The Kier molecular flexibility index (Phi) is 3.09. The van der Waals surface area contributed by atoms with Crippen LogP contribution in [0.5, 0.6) is 0 Å². The number of anilines is 1. The van der Waals surface area contributed by atoms with Crippen LogP contribution in [0.15, 0.2) is 30.4 Å². The van der Waals surface area contributed by atoms with Gasteiger partial charge in [0.05, 0.1) is 0 Å². The molecule has 1 aromatic rings. The van der Waals surface area contributed by atoms with Crippen LogP contribution in [-0.4, -0.2) is 12.3 Å². The Bertz CT molecular complexity index is 434. The van der Waals surface area contributed by atoms with Crippen molar-refractivity contribution in [1.82, 2.24) is 0 Å². The number of Topliss-reactive ketones (excluding diaryl/α,β-unsaturated/α-hetero) is 1. The molecule has 0 saturated heterocycles. The van der Waals surface area contributed by atoms with Crippen molar-refractivity contribution in [3.63, 3.8) is 0 Å². The van der Waals surface area contributed by atoms with Crippen molar-refractivity contribution in [2.75, 3.05) is 11.9 Å². The molecule has 16 heavy (non-hydrogen) atoms. The molecule has 2 heteroatoms. The first-order valence-corrected chi connectivity index (χ1v) is 5.71. The molecule has 2 nitrogen and oxygen atoms in total. The van der Waals surface area contributed by atoms with E-state index < -0.39 is 0 Å². The number of ketones is 1. The topological polar surface area (TPSA) is 29.1 Å². The fourth-order valence-electron chi connectivity index (χ4n) is 2.02. The number of carbonyl (C=O) groups excluding carboxylic acids is 1. The van der Waals surface area contributed by atoms with Crippen LogP contribution in [0.4, 0.5) is 5.69 Å². The van der Waals surface area contributed by atoms with Crippen LogP contribution in [0.25, 0.3) is 0 Å². The minimum atomic E-state index is 0.167. The average Bonchev–Trinajstić information content (AvgIpc) is 2.27. The van der Waals surface area contributed by atoms with Gasteiger partial charge >= 0.3 is 0 Å². The van der Waals surface area contributed by atoms with E-state index in [2.05, 4.69) is 11.9 Å². The predicted octanol–water partition coefficient (Wildman–Crippen LogP) is 3.19. The van der Waals surface area contributed by atoms with Gasteiger partial charge in [0, 0.05) is 24.2 Å². The highest BCUT2D eigenvalue weighted by molar-refractivity contribution is 5.98. The molecule has 0 spiro atoms. The monoisotopic (exact) mass is 215 g/mol. The number of carbonyl (C=O) groups is 1. The predicted molar refractivity (Wildman–Crippen MR) is 67.0 cm³/mol. The van der Waals surface area contributed by atoms with Gasteiger partial charge in [-0.15, -0.1) is 0 Å². The Morgan fingerprint density at radius 2 is 2.31 bits per heavy atom. The largest absolute Gasteiger partial charge is 0.385 e. The lowest BCUT2D eigenvalue weighted by molar-refractivity contribution is 0.0993. The van der Waals surface area contributed by atoms with E-state index in [1.807, 2.05) is 25.1 Å². The van der Waals surface area contributed by atoms with Gasteiger partial charge in [-0.1, -0.05) is 12.2 Å². The number of allylic oxidation sites excluding steroid dienone is 1. The fourth-order valence-corrected chi connectivity index (χ4v) is 2.02. The minimum absolute atomic E-state index is 0.167. The van der Waals surface area contributed by atoms with Gasteiger partial charge in [0.25, 0.3) is 0 Å². The van der Waals surface area contributed by atoms with Gasteiger partial charge in [-0.3, -0.25) is 4.79 Å². The molecule has 1 aliphatic heterocycles. The molecule has 2 rings (SSSR count). The van der Waals surface area contributed by atoms with Crippen LogP contribution in [0.3, 0.4) is 0 Å². The maximum atomic E-state index is 11.9. The third-order valence-electron chi connectivity index (χ3n) is 2.83. The van der Waals surface area contributed by atoms with Gasteiger partial charge < -0.3 is 5.32 Å². The molecule has 84 valence electrons. The first-order chi connectivity index (χ1) is 7.66. The molecule has 0 atom stereocenters. The highest BCUT2D eigenvalue weighted by Gasteiger charge is 2.12. The molecular weight excluding hydrogens is 198 g/mol. The van der Waals surface area contributed by atoms with Crippen LogP contribution in [0, 0.1) is 0 Å². The second-order valence-corrected chi connectivity index (χ2v) is 4.46. The molecular formula is C14H17NO. The van der Waals surface area contributed by atoms with Gasteiger partial charge in [0.1, 0.15) is 0 Å². The summed E-state index contributed by atoms with van der Waals surface area (Å²) in [4.78, 5) is 11.9. The van der Waals surface area contributed by atoms with E-state index in [-0.39, 0.29) is 5.78 Å². The van der Waals surface area contributed by atoms with Crippen LogP contribution in [0.2, 0.25) is 0 Å². The van der Waals surface area contributed by atoms with Crippen LogP contribution < -0.4 is 5.32 Å². The molecule has 0 bridgehead atoms. The van der Waals surface area contributed by atoms with Crippen molar-refractivity contribution < 1.29 is 4.79 Å². The minimum Gasteiger partial charge on any atom is -0.385 e. The number of fused-ring (bicyclic) bond motifs is 1. The lowest BCUT2D eigenvalue weighted by Gasteiger charge is -2.18. The fraction of sp³-hybridized carbons (Fsp3) is 0.357. The number of hydrogen-bond donors (Lipinski definition) is 1. The molecule has 0 saturated carbocycles. The van der Waals surface area contributed by atoms with Crippen molar-refractivity contribution >= 4 is 11.5 Å². The number of nitrogens with one attached hydrogen (secondary N) is 1. The Labute approximate surface area is 96.4 Å². The van der Waals surface area contributed by atoms with Crippen molar-refractivity contribution in [2.24, 2.45) is 0 Å². The third kappa shape index (κ3) is 2.32. The zero-order valence-electron chi connectivity index (χ0n) is 9.68. The summed E-state index contributed by atoms with van der Waals surface area (Å²) in [5.41, 5.74) is 4.17. The quantitative estimate of drug-likeness (QED) is 0.619. The van der Waals surface area contributed by atoms with Crippen molar-refractivity contribution in [1.29, 1.82) is 0 Å². The van der Waals surface area contributed by atoms with E-state index in [9.17, 15) is 4.79 Å². The summed E-state index contributed by atoms with van der Waals surface area (Å²) in [6.07, 6.45) is 2.66. The summed E-state index contributed by atoms with van der Waals surface area (Å²) in [7, 11) is 0. The van der Waals surface area contributed by atoms with Gasteiger partial charge in [-0.05, 0) is 43.5 Å². The summed E-state index contributed by atoms with van der Waals surface area (Å²) in [6.45, 7) is 6.70. The lowest BCUT2D eigenvalue weighted by Crippen LogP contribution is -2.12. The summed E-state index contributed by atoms with van der Waals surface area (Å²) in [6, 6.07) is 5.94. The SMILES string of the molecule is C=C(C)CC(=O)c1ccc2c(c1)CCCN2. The first-order valence-electron chi connectivity index (χ1n) is 5.71. The Morgan fingerprint density at radius 1 is 1.50 bits per heavy atom. The lowest BCUT2D eigenvalue weighted by atomic mass is 9.97. The van der Waals surface area contributed by atoms with E-state index in [4.69, 9.17) is 0 Å². The molecule has 0 aromatic heterocycles. The van der Waals surface area contributed by atoms with Gasteiger partial charge in [-0.25, -0.2) is 0 Å². The maximum Gasteiger partial charge on any atom is 0.166 e. The molecule has 1 aromatic carbocycles. The molecule has 0 aliphatic carbocycles. The number of benzene rings is 1. The standard InChI is InChI=1S/C14H17NO/c1-10(2)8-14(16)12-5-6-13-11(9-12)4-3-7-15-13/h5-6,9,15H,1,3-4,7-8H2,2H3. The first kappa shape index (κ1) is 10.9. The van der Waals surface area contributed by atoms with E-state index in [1.54, 1.807) is 0 Å². The zero-order valence-corrected chi connectivity index (χ0v) is 9.68. The molecule has 0 unspecified atom stereocenters. The normalized spacial score (nSPS) is 13.8. The van der Waals surface area contributed by atoms with E-state index in [1.165, 1.54) is 11.3 Å². The highest BCUT2D eigenvalue weighted by Crippen LogP contribution is 2.23. The summed E-state index contributed by atoms with van der Waals surface area (Å²) in [5.74, 6) is 0.167. The van der Waals surface area contributed by atoms with Crippen LogP contribution in [0.1, 0.15) is 35.7 Å². The summed E-state index contributed by atoms with van der Waals surface area (Å²) < 4.78 is 0. The Balaban J connectivity index is 2.23. The van der Waals surface area contributed by atoms with Crippen molar-refractivity contribution in [3.05, 3.63) is 41.5 Å². The maximum absolute atomic E-state index is 11.9. The Hall–Kier alpha value is -1.57. The second-order valence-electron chi connectivity index (χ2n) is 4.46. The second kappa shape index (κ2) is 4.52. The van der Waals surface area contributed by atoms with E-state index in [0.717, 1.165) is 30.5 Å². The van der Waals surface area contributed by atoms with Crippen molar-refractivity contribution in [3.8, 4) is 0 Å². The zero-order chi connectivity index (χ0) is 11.5. The van der Waals surface area contributed by atoms with Crippen molar-refractivity contribution in [2.45, 2.75) is 26.2 Å². The van der Waals surface area contributed by atoms with Crippen LogP contribution in [-0.2, 0) is 6.42 Å². The number of rotatable bonds is 3. The number of aryl methyl sites for hydroxylation is 1. The van der Waals surface area contributed by atoms with Gasteiger partial charge in [0.2, 0.25) is 0 Å². The molecule has 1 heterocycles. The summed E-state index contributed by atoms with van der Waals surface area (Å²) in [5, 5.41) is 3.34. The number of hydrogen-bond acceptors (Lipinski definition) is 2. The summed E-state index contributed by atoms with van der Waals surface area (Å²) >= 11 is 0. The molecule has 1 N–H and O–H groups in total. The third-order valence-corrected chi connectivity index (χ3v) is 2.83. The average molecular weight is 215 g/mol. The molecule has 0 amide bonds. The van der Waals surface area contributed by atoms with Gasteiger partial charge in [-0.2, -0.15) is 0 Å². The van der Waals surface area contributed by atoms with E-state index >= 15 is 0 Å². The Morgan fingerprint density at radius 3 is 3.06 bits per heavy atom.